The first kappa shape index (κ1) is 15.3. The van der Waals surface area contributed by atoms with E-state index in [2.05, 4.69) is 47.9 Å². The van der Waals surface area contributed by atoms with Crippen molar-refractivity contribution in [2.24, 2.45) is 7.05 Å². The minimum absolute atomic E-state index is 0.668. The molecule has 0 saturated carbocycles. The fraction of sp³-hybridized carbons (Fsp3) is 0.250. The number of rotatable bonds is 5. The number of fused-ring (bicyclic) bond motifs is 1. The lowest BCUT2D eigenvalue weighted by atomic mass is 10.1. The van der Waals surface area contributed by atoms with Crippen molar-refractivity contribution in [3.8, 4) is 11.1 Å². The van der Waals surface area contributed by atoms with Crippen molar-refractivity contribution >= 4 is 17.2 Å². The van der Waals surface area contributed by atoms with Crippen LogP contribution in [-0.4, -0.2) is 6.61 Å². The fourth-order valence-corrected chi connectivity index (χ4v) is 2.67. The van der Waals surface area contributed by atoms with Crippen LogP contribution < -0.4 is 4.57 Å². The SMILES string of the molecule is CCO/C(=C/c1oc2ccc(-c3ccccc3)cc2[n+]1C)CC. The predicted molar refractivity (Wildman–Crippen MR) is 92.7 cm³/mol. The van der Waals surface area contributed by atoms with Crippen molar-refractivity contribution in [3.63, 3.8) is 0 Å². The normalized spacial score (nSPS) is 11.9. The molecule has 0 fully saturated rings. The second-order valence-electron chi connectivity index (χ2n) is 5.45. The molecule has 0 N–H and O–H groups in total. The Balaban J connectivity index is 2.06. The Morgan fingerprint density at radius 2 is 1.87 bits per heavy atom. The summed E-state index contributed by atoms with van der Waals surface area (Å²) in [6.45, 7) is 4.74. The number of aryl methyl sites for hydroxylation is 1. The van der Waals surface area contributed by atoms with E-state index in [4.69, 9.17) is 9.15 Å². The molecule has 0 aliphatic rings. The van der Waals surface area contributed by atoms with Crippen molar-refractivity contribution in [1.82, 2.24) is 0 Å². The van der Waals surface area contributed by atoms with Crippen molar-refractivity contribution in [2.75, 3.05) is 6.61 Å². The molecule has 0 spiro atoms. The maximum absolute atomic E-state index is 5.97. The van der Waals surface area contributed by atoms with Crippen LogP contribution in [0, 0.1) is 0 Å². The van der Waals surface area contributed by atoms with Crippen LogP contribution in [-0.2, 0) is 11.8 Å². The number of oxazole rings is 1. The summed E-state index contributed by atoms with van der Waals surface area (Å²) < 4.78 is 13.7. The highest BCUT2D eigenvalue weighted by atomic mass is 16.5. The topological polar surface area (TPSA) is 26.2 Å². The molecule has 1 heterocycles. The standard InChI is InChI=1S/C20H22NO2/c1-4-17(22-5-2)14-20-21(3)18-13-16(11-12-19(18)23-20)15-9-7-6-8-10-15/h6-14H,4-5H2,1-3H3/q+1/b17-14+. The highest BCUT2D eigenvalue weighted by Gasteiger charge is 2.18. The number of benzene rings is 2. The van der Waals surface area contributed by atoms with Crippen molar-refractivity contribution in [2.45, 2.75) is 20.3 Å². The van der Waals surface area contributed by atoms with Gasteiger partial charge in [0.15, 0.2) is 0 Å². The average molecular weight is 308 g/mol. The van der Waals surface area contributed by atoms with Gasteiger partial charge >= 0.3 is 5.89 Å². The van der Waals surface area contributed by atoms with E-state index in [9.17, 15) is 0 Å². The van der Waals surface area contributed by atoms with Gasteiger partial charge in [-0.05, 0) is 24.1 Å². The van der Waals surface area contributed by atoms with Gasteiger partial charge in [-0.3, -0.25) is 0 Å². The van der Waals surface area contributed by atoms with Crippen LogP contribution in [0.2, 0.25) is 0 Å². The van der Waals surface area contributed by atoms with E-state index in [1.54, 1.807) is 0 Å². The monoisotopic (exact) mass is 308 g/mol. The van der Waals surface area contributed by atoms with Gasteiger partial charge in [0.25, 0.3) is 5.52 Å². The molecule has 1 aromatic heterocycles. The van der Waals surface area contributed by atoms with Crippen LogP contribution in [0.15, 0.2) is 58.7 Å². The largest absolute Gasteiger partial charge is 0.498 e. The van der Waals surface area contributed by atoms with Gasteiger partial charge in [0.05, 0.1) is 12.7 Å². The van der Waals surface area contributed by atoms with Crippen LogP contribution in [0.1, 0.15) is 26.2 Å². The number of allylic oxidation sites excluding steroid dienone is 1. The zero-order chi connectivity index (χ0) is 16.2. The van der Waals surface area contributed by atoms with Gasteiger partial charge in [0, 0.05) is 12.5 Å². The fourth-order valence-electron chi connectivity index (χ4n) is 2.67. The molecule has 3 heteroatoms. The summed E-state index contributed by atoms with van der Waals surface area (Å²) in [4.78, 5) is 0. The van der Waals surface area contributed by atoms with E-state index in [1.807, 2.05) is 32.2 Å². The molecule has 0 aliphatic carbocycles. The summed E-state index contributed by atoms with van der Waals surface area (Å²) in [6.07, 6.45) is 2.83. The molecule has 0 saturated heterocycles. The van der Waals surface area contributed by atoms with Crippen LogP contribution in [0.4, 0.5) is 0 Å². The van der Waals surface area contributed by atoms with Crippen LogP contribution in [0.3, 0.4) is 0 Å². The average Bonchev–Trinajstić information content (AvgIpc) is 2.90. The predicted octanol–water partition coefficient (Wildman–Crippen LogP) is 4.71. The zero-order valence-electron chi connectivity index (χ0n) is 13.9. The Kier molecular flexibility index (Phi) is 4.47. The Hall–Kier alpha value is -2.55. The molecule has 0 radical (unpaired) electrons. The van der Waals surface area contributed by atoms with Gasteiger partial charge in [-0.15, -0.1) is 0 Å². The second kappa shape index (κ2) is 6.69. The van der Waals surface area contributed by atoms with Gasteiger partial charge in [0.2, 0.25) is 5.58 Å². The molecule has 2 aromatic carbocycles. The van der Waals surface area contributed by atoms with Gasteiger partial charge in [-0.2, -0.15) is 4.57 Å². The first-order valence-electron chi connectivity index (χ1n) is 8.04. The lowest BCUT2D eigenvalue weighted by Crippen LogP contribution is -2.29. The summed E-state index contributed by atoms with van der Waals surface area (Å²) in [5, 5.41) is 0. The number of aromatic nitrogens is 1. The smallest absolute Gasteiger partial charge is 0.377 e. The maximum Gasteiger partial charge on any atom is 0.377 e. The lowest BCUT2D eigenvalue weighted by Gasteiger charge is -2.02. The first-order chi connectivity index (χ1) is 11.2. The molecular weight excluding hydrogens is 286 g/mol. The number of ether oxygens (including phenoxy) is 1. The maximum atomic E-state index is 5.97. The van der Waals surface area contributed by atoms with Gasteiger partial charge in [0.1, 0.15) is 12.8 Å². The van der Waals surface area contributed by atoms with Crippen LogP contribution in [0.5, 0.6) is 0 Å². The summed E-state index contributed by atoms with van der Waals surface area (Å²) in [7, 11) is 2.02. The molecule has 0 aliphatic heterocycles. The third-order valence-corrected chi connectivity index (χ3v) is 3.94. The minimum Gasteiger partial charge on any atom is -0.498 e. The molecule has 0 amide bonds. The number of hydrogen-bond acceptors (Lipinski definition) is 2. The minimum atomic E-state index is 0.668. The zero-order valence-corrected chi connectivity index (χ0v) is 13.9. The van der Waals surface area contributed by atoms with E-state index < -0.39 is 0 Å². The lowest BCUT2D eigenvalue weighted by molar-refractivity contribution is -0.652. The van der Waals surface area contributed by atoms with E-state index in [1.165, 1.54) is 11.1 Å². The van der Waals surface area contributed by atoms with Gasteiger partial charge in [-0.25, -0.2) is 0 Å². The molecule has 23 heavy (non-hydrogen) atoms. The summed E-state index contributed by atoms with van der Waals surface area (Å²) in [5.41, 5.74) is 4.34. The Bertz CT molecular complexity index is 831. The Morgan fingerprint density at radius 1 is 1.09 bits per heavy atom. The summed E-state index contributed by atoms with van der Waals surface area (Å²) in [5.74, 6) is 1.74. The van der Waals surface area contributed by atoms with Crippen molar-refractivity contribution in [3.05, 3.63) is 60.2 Å². The van der Waals surface area contributed by atoms with Crippen LogP contribution in [0.25, 0.3) is 28.3 Å². The highest BCUT2D eigenvalue weighted by molar-refractivity contribution is 5.78. The molecule has 3 aromatic rings. The molecule has 118 valence electrons. The van der Waals surface area contributed by atoms with Crippen molar-refractivity contribution < 1.29 is 13.7 Å². The molecule has 3 rings (SSSR count). The van der Waals surface area contributed by atoms with Gasteiger partial charge in [-0.1, -0.05) is 43.3 Å². The number of nitrogens with zero attached hydrogens (tertiary/aromatic N) is 1. The van der Waals surface area contributed by atoms with Crippen LogP contribution >= 0.6 is 0 Å². The van der Waals surface area contributed by atoms with E-state index in [0.717, 1.165) is 29.2 Å². The third-order valence-electron chi connectivity index (χ3n) is 3.94. The Morgan fingerprint density at radius 3 is 2.57 bits per heavy atom. The molecule has 0 unspecified atom stereocenters. The summed E-state index contributed by atoms with van der Waals surface area (Å²) in [6, 6.07) is 16.7. The van der Waals surface area contributed by atoms with E-state index in [-0.39, 0.29) is 0 Å². The third kappa shape index (κ3) is 3.14. The number of hydrogen-bond donors (Lipinski definition) is 0. The molecular formula is C20H22NO2+. The molecule has 3 nitrogen and oxygen atoms in total. The molecule has 0 atom stereocenters. The van der Waals surface area contributed by atoms with E-state index in [0.29, 0.717) is 6.61 Å². The molecule has 0 bridgehead atoms. The van der Waals surface area contributed by atoms with Crippen molar-refractivity contribution in [1.29, 1.82) is 0 Å². The van der Waals surface area contributed by atoms with E-state index >= 15 is 0 Å². The first-order valence-corrected chi connectivity index (χ1v) is 8.04. The second-order valence-corrected chi connectivity index (χ2v) is 5.45. The van der Waals surface area contributed by atoms with Gasteiger partial charge < -0.3 is 9.15 Å². The highest BCUT2D eigenvalue weighted by Crippen LogP contribution is 2.24. The quantitative estimate of drug-likeness (QED) is 0.504. The Labute approximate surface area is 136 Å². The summed E-state index contributed by atoms with van der Waals surface area (Å²) >= 11 is 0.